The molecule has 2 atom stereocenters. The fraction of sp³-hybridized carbons (Fsp3) is 0.833. The van der Waals surface area contributed by atoms with Crippen LogP contribution >= 0.6 is 0 Å². The molecule has 2 unspecified atom stereocenters. The molecule has 0 bridgehead atoms. The van der Waals surface area contributed by atoms with Crippen LogP contribution in [-0.4, -0.2) is 76.1 Å². The molecular weight excluding hydrogens is 843 g/mol. The van der Waals surface area contributed by atoms with Crippen molar-refractivity contribution in [3.63, 3.8) is 0 Å². The van der Waals surface area contributed by atoms with Crippen molar-refractivity contribution in [1.82, 2.24) is 9.97 Å². The first-order chi connectivity index (χ1) is 31.8. The Bertz CT molecular complexity index is 1470. The third kappa shape index (κ3) is 24.5. The van der Waals surface area contributed by atoms with Crippen molar-refractivity contribution in [2.75, 3.05) is 39.6 Å². The molecule has 2 saturated heterocycles. The van der Waals surface area contributed by atoms with Gasteiger partial charge in [0.25, 0.3) is 0 Å². The minimum atomic E-state index is -0.228. The average molecular weight is 955 g/mol. The van der Waals surface area contributed by atoms with E-state index in [4.69, 9.17) is 20.3 Å². The molecule has 5 fully saturated rings. The second-order valence-corrected chi connectivity index (χ2v) is 24.8. The second kappa shape index (κ2) is 31.5. The molecule has 0 spiro atoms. The molecule has 8 heteroatoms. The predicted molar refractivity (Wildman–Crippen MR) is 290 cm³/mol. The third-order valence-corrected chi connectivity index (χ3v) is 15.6. The van der Waals surface area contributed by atoms with Crippen LogP contribution in [0.25, 0.3) is 0 Å². The summed E-state index contributed by atoms with van der Waals surface area (Å²) in [5.41, 5.74) is 9.42. The van der Waals surface area contributed by atoms with Crippen LogP contribution in [0.1, 0.15) is 224 Å². The monoisotopic (exact) mass is 954 g/mol. The molecule has 5 aliphatic rings. The Hall–Kier alpha value is -1.94. The van der Waals surface area contributed by atoms with Gasteiger partial charge in [-0.3, -0.25) is 9.97 Å². The molecule has 2 aliphatic heterocycles. The van der Waals surface area contributed by atoms with E-state index in [2.05, 4.69) is 140 Å². The Labute approximate surface area is 420 Å². The molecule has 2 aromatic heterocycles. The molecule has 396 valence electrons. The largest absolute Gasteiger partial charge is 0.396 e. The van der Waals surface area contributed by atoms with E-state index in [1.807, 2.05) is 36.8 Å². The van der Waals surface area contributed by atoms with Crippen molar-refractivity contribution in [3.05, 3.63) is 60.2 Å². The lowest BCUT2D eigenvalue weighted by Gasteiger charge is -2.42. The minimum absolute atomic E-state index is 0.0220. The van der Waals surface area contributed by atoms with E-state index >= 15 is 0 Å². The number of pyridine rings is 2. The zero-order valence-electron chi connectivity index (χ0n) is 47.4. The Morgan fingerprint density at radius 2 is 1.09 bits per heavy atom. The van der Waals surface area contributed by atoms with Crippen LogP contribution < -0.4 is 5.73 Å². The molecule has 0 aromatic carbocycles. The first-order valence-electron chi connectivity index (χ1n) is 27.5. The van der Waals surface area contributed by atoms with Crippen molar-refractivity contribution >= 4 is 0 Å². The van der Waals surface area contributed by atoms with E-state index in [0.717, 1.165) is 58.0 Å². The molecule has 68 heavy (non-hydrogen) atoms. The highest BCUT2D eigenvalue weighted by atomic mass is 16.5. The Morgan fingerprint density at radius 3 is 1.34 bits per heavy atom. The number of hydrogen-bond donors (Lipinski definition) is 4. The summed E-state index contributed by atoms with van der Waals surface area (Å²) in [6, 6.07) is 10.2. The van der Waals surface area contributed by atoms with Crippen molar-refractivity contribution in [1.29, 1.82) is 0 Å². The first-order valence-corrected chi connectivity index (χ1v) is 27.5. The molecule has 8 nitrogen and oxygen atoms in total. The summed E-state index contributed by atoms with van der Waals surface area (Å²) in [5, 5.41) is 27.3. The van der Waals surface area contributed by atoms with E-state index < -0.39 is 0 Å². The van der Waals surface area contributed by atoms with E-state index in [-0.39, 0.29) is 11.1 Å². The van der Waals surface area contributed by atoms with Gasteiger partial charge in [0.05, 0.1) is 37.6 Å². The molecular formula is C60H111N3O5. The molecule has 7 rings (SSSR count). The molecule has 3 saturated carbocycles. The third-order valence-electron chi connectivity index (χ3n) is 15.6. The van der Waals surface area contributed by atoms with Crippen LogP contribution in [0.4, 0.5) is 0 Å². The topological polar surface area (TPSA) is 131 Å². The highest BCUT2D eigenvalue weighted by Crippen LogP contribution is 2.51. The zero-order chi connectivity index (χ0) is 51.8. The number of hydrogen-bond acceptors (Lipinski definition) is 8. The van der Waals surface area contributed by atoms with Gasteiger partial charge in [-0.15, -0.1) is 0 Å². The predicted octanol–water partition coefficient (Wildman–Crippen LogP) is 14.5. The molecule has 4 heterocycles. The first kappa shape index (κ1) is 64.1. The van der Waals surface area contributed by atoms with Gasteiger partial charge >= 0.3 is 0 Å². The summed E-state index contributed by atoms with van der Waals surface area (Å²) in [7, 11) is 0. The van der Waals surface area contributed by atoms with Gasteiger partial charge in [-0.25, -0.2) is 0 Å². The Balaban J connectivity index is 0.000000398. The normalized spacial score (nSPS) is 20.2. The van der Waals surface area contributed by atoms with E-state index in [0.29, 0.717) is 76.8 Å². The van der Waals surface area contributed by atoms with Crippen LogP contribution in [0.2, 0.25) is 0 Å². The quantitative estimate of drug-likeness (QED) is 0.131. The minimum Gasteiger partial charge on any atom is -0.396 e. The van der Waals surface area contributed by atoms with Crippen LogP contribution in [0.5, 0.6) is 0 Å². The van der Waals surface area contributed by atoms with Crippen LogP contribution in [0.3, 0.4) is 0 Å². The fourth-order valence-electron chi connectivity index (χ4n) is 9.65. The molecule has 3 aliphatic carbocycles. The SMILES string of the molecule is CC(C)C(C)c1ccccn1.CC(C)C(C)c1cccnc1.CC(C)C1(CO)CC1.CC(C)C1(CO)CCCC1.CC(C)CC1(N)COC1.CC(C)CC1(O)CC1.CCCC1(CC(C)C)COC1. The standard InChI is InChI=1S/2C10H15N.C10H20O.C9H18O.C7H15NO.2C7H14O/c1-8(2)9(3)10-5-4-6-11-7-10;1-8(2)9(3)10-6-4-5-7-11-10;1-4-5-10(6-9(2)3)7-11-8-10;1-8(2)9(7-10)5-3-4-6-9;1-6(2)3-7(8)4-9-5-7;1-6(2)7(5-8)3-4-7;1-6(2)5-7(8)3-4-7/h2*4-9H,1-3H3;9H,4-8H2,1-3H3;8,10H,3-7H2,1-2H3;6H,3-5,8H2,1-2H3;2*6,8H,3-5H2,1-2H3. The van der Waals surface area contributed by atoms with E-state index in [9.17, 15) is 10.2 Å². The highest BCUT2D eigenvalue weighted by molar-refractivity contribution is 5.14. The van der Waals surface area contributed by atoms with Crippen LogP contribution in [-0.2, 0) is 9.47 Å². The second-order valence-electron chi connectivity index (χ2n) is 24.8. The number of nitrogens with two attached hydrogens (primary N) is 1. The van der Waals surface area contributed by atoms with Crippen LogP contribution in [0.15, 0.2) is 48.9 Å². The lowest BCUT2D eigenvalue weighted by molar-refractivity contribution is -0.127. The highest BCUT2D eigenvalue weighted by Gasteiger charge is 2.44. The van der Waals surface area contributed by atoms with Crippen molar-refractivity contribution in [3.8, 4) is 0 Å². The fourth-order valence-corrected chi connectivity index (χ4v) is 9.65. The van der Waals surface area contributed by atoms with Gasteiger partial charge in [0, 0.05) is 48.8 Å². The maximum atomic E-state index is 9.30. The number of ether oxygens (including phenoxy) is 2. The van der Waals surface area contributed by atoms with Crippen molar-refractivity contribution in [2.24, 2.45) is 63.4 Å². The molecule has 0 amide bonds. The zero-order valence-corrected chi connectivity index (χ0v) is 47.4. The van der Waals surface area contributed by atoms with Gasteiger partial charge < -0.3 is 30.5 Å². The average Bonchev–Trinajstić information content (AvgIpc) is 4.17. The summed E-state index contributed by atoms with van der Waals surface area (Å²) in [4.78, 5) is 8.39. The van der Waals surface area contributed by atoms with Gasteiger partial charge in [0.1, 0.15) is 0 Å². The summed E-state index contributed by atoms with van der Waals surface area (Å²) >= 11 is 0. The number of aromatic nitrogens is 2. The summed E-state index contributed by atoms with van der Waals surface area (Å²) in [6.45, 7) is 42.0. The summed E-state index contributed by atoms with van der Waals surface area (Å²) < 4.78 is 10.3. The van der Waals surface area contributed by atoms with Gasteiger partial charge in [-0.05, 0) is 146 Å². The van der Waals surface area contributed by atoms with E-state index in [1.165, 1.54) is 69.0 Å². The van der Waals surface area contributed by atoms with Crippen molar-refractivity contribution in [2.45, 2.75) is 224 Å². The number of aliphatic hydroxyl groups is 3. The lowest BCUT2D eigenvalue weighted by atomic mass is 9.75. The molecule has 5 N–H and O–H groups in total. The maximum absolute atomic E-state index is 9.30. The van der Waals surface area contributed by atoms with Crippen molar-refractivity contribution < 1.29 is 24.8 Å². The maximum Gasteiger partial charge on any atom is 0.0669 e. The van der Waals surface area contributed by atoms with E-state index in [1.54, 1.807) is 0 Å². The molecule has 2 aromatic rings. The van der Waals surface area contributed by atoms with Gasteiger partial charge in [-0.2, -0.15) is 0 Å². The van der Waals surface area contributed by atoms with Crippen LogP contribution in [0, 0.1) is 57.7 Å². The summed E-state index contributed by atoms with van der Waals surface area (Å²) in [5.74, 6) is 6.04. The Kier molecular flexibility index (Phi) is 29.7. The van der Waals surface area contributed by atoms with Gasteiger partial charge in [0.2, 0.25) is 0 Å². The van der Waals surface area contributed by atoms with Gasteiger partial charge in [0.15, 0.2) is 0 Å². The molecule has 0 radical (unpaired) electrons. The number of aliphatic hydroxyl groups excluding tert-OH is 2. The smallest absolute Gasteiger partial charge is 0.0669 e. The van der Waals surface area contributed by atoms with Gasteiger partial charge in [-0.1, -0.05) is 149 Å². The lowest BCUT2D eigenvalue weighted by Crippen LogP contribution is -2.57. The summed E-state index contributed by atoms with van der Waals surface area (Å²) in [6.07, 6.45) is 21.4. The number of rotatable bonds is 16. The number of nitrogens with zero attached hydrogens (tertiary/aromatic N) is 2. The Morgan fingerprint density at radius 1 is 0.588 bits per heavy atom.